The number of aromatic nitrogens is 1. The molecule has 100 valence electrons. The van der Waals surface area contributed by atoms with Crippen LogP contribution >= 0.6 is 11.5 Å². The van der Waals surface area contributed by atoms with Gasteiger partial charge in [0.1, 0.15) is 10.6 Å². The predicted octanol–water partition coefficient (Wildman–Crippen LogP) is 2.16. The second-order valence-corrected chi connectivity index (χ2v) is 4.44. The van der Waals surface area contributed by atoms with E-state index < -0.39 is 5.97 Å². The highest BCUT2D eigenvalue weighted by molar-refractivity contribution is 7.11. The molecule has 7 heteroatoms. The first-order valence-electron chi connectivity index (χ1n) is 5.72. The Morgan fingerprint density at radius 1 is 1.44 bits per heavy atom. The minimum atomic E-state index is -0.443. The molecule has 0 aliphatic heterocycles. The highest BCUT2D eigenvalue weighted by atomic mass is 32.1. The van der Waals surface area contributed by atoms with Crippen LogP contribution in [0.1, 0.15) is 35.8 Å². The van der Waals surface area contributed by atoms with Gasteiger partial charge >= 0.3 is 12.0 Å². The van der Waals surface area contributed by atoms with Crippen LogP contribution in [0.25, 0.3) is 0 Å². The van der Waals surface area contributed by atoms with Gasteiger partial charge in [-0.15, -0.1) is 0 Å². The molecule has 6 nitrogen and oxygen atoms in total. The quantitative estimate of drug-likeness (QED) is 0.635. The van der Waals surface area contributed by atoms with Gasteiger partial charge in [-0.2, -0.15) is 4.37 Å². The fourth-order valence-corrected chi connectivity index (χ4v) is 2.02. The highest BCUT2D eigenvalue weighted by Crippen LogP contribution is 2.25. The van der Waals surface area contributed by atoms with Crippen LogP contribution in [0.15, 0.2) is 0 Å². The Hall–Kier alpha value is -1.63. The van der Waals surface area contributed by atoms with E-state index in [0.29, 0.717) is 22.9 Å². The zero-order chi connectivity index (χ0) is 13.5. The molecule has 0 atom stereocenters. The van der Waals surface area contributed by atoms with Crippen LogP contribution in [-0.4, -0.2) is 30.0 Å². The normalized spacial score (nSPS) is 9.94. The van der Waals surface area contributed by atoms with Crippen LogP contribution in [-0.2, 0) is 4.74 Å². The van der Waals surface area contributed by atoms with Crippen molar-refractivity contribution in [3.05, 3.63) is 11.3 Å². The van der Waals surface area contributed by atoms with E-state index in [9.17, 15) is 9.59 Å². The van der Waals surface area contributed by atoms with Gasteiger partial charge in [0.15, 0.2) is 0 Å². The molecule has 1 aromatic heterocycles. The molecule has 0 aliphatic carbocycles. The van der Waals surface area contributed by atoms with Crippen LogP contribution in [0.2, 0.25) is 0 Å². The SMILES string of the molecule is CCCCOC(=O)c1c(C)nsc1NC(=O)NC. The number of anilines is 1. The third-order valence-electron chi connectivity index (χ3n) is 2.25. The first-order chi connectivity index (χ1) is 8.60. The van der Waals surface area contributed by atoms with Crippen molar-refractivity contribution >= 4 is 28.5 Å². The van der Waals surface area contributed by atoms with E-state index in [-0.39, 0.29) is 6.03 Å². The number of hydrogen-bond donors (Lipinski definition) is 2. The number of amides is 2. The molecule has 2 amide bonds. The molecule has 0 saturated heterocycles. The van der Waals surface area contributed by atoms with Gasteiger partial charge in [0.05, 0.1) is 12.3 Å². The summed E-state index contributed by atoms with van der Waals surface area (Å²) in [6.07, 6.45) is 1.78. The lowest BCUT2D eigenvalue weighted by molar-refractivity contribution is 0.0500. The maximum Gasteiger partial charge on any atom is 0.343 e. The minimum Gasteiger partial charge on any atom is -0.462 e. The van der Waals surface area contributed by atoms with E-state index in [4.69, 9.17) is 4.74 Å². The number of unbranched alkanes of at least 4 members (excludes halogenated alkanes) is 1. The Balaban J connectivity index is 2.76. The van der Waals surface area contributed by atoms with E-state index in [1.807, 2.05) is 6.92 Å². The lowest BCUT2D eigenvalue weighted by Gasteiger charge is -2.06. The van der Waals surface area contributed by atoms with Gasteiger partial charge in [-0.25, -0.2) is 9.59 Å². The monoisotopic (exact) mass is 271 g/mol. The molecule has 0 aliphatic rings. The summed E-state index contributed by atoms with van der Waals surface area (Å²) in [5.41, 5.74) is 0.896. The van der Waals surface area contributed by atoms with Crippen molar-refractivity contribution in [2.24, 2.45) is 0 Å². The summed E-state index contributed by atoms with van der Waals surface area (Å²) in [5.74, 6) is -0.443. The third kappa shape index (κ3) is 3.69. The van der Waals surface area contributed by atoms with Crippen molar-refractivity contribution in [1.29, 1.82) is 0 Å². The Morgan fingerprint density at radius 3 is 2.78 bits per heavy atom. The van der Waals surface area contributed by atoms with E-state index in [0.717, 1.165) is 24.4 Å². The van der Waals surface area contributed by atoms with E-state index in [1.165, 1.54) is 7.05 Å². The summed E-state index contributed by atoms with van der Waals surface area (Å²) in [5, 5.41) is 5.39. The number of esters is 1. The fraction of sp³-hybridized carbons (Fsp3) is 0.545. The molecule has 0 radical (unpaired) electrons. The number of ether oxygens (including phenoxy) is 1. The van der Waals surface area contributed by atoms with Crippen LogP contribution in [0.3, 0.4) is 0 Å². The molecule has 1 aromatic rings. The average molecular weight is 271 g/mol. The predicted molar refractivity (Wildman–Crippen MR) is 70.1 cm³/mol. The van der Waals surface area contributed by atoms with Gasteiger partial charge in [0, 0.05) is 7.05 Å². The van der Waals surface area contributed by atoms with Gasteiger partial charge in [0.2, 0.25) is 0 Å². The molecule has 0 bridgehead atoms. The second kappa shape index (κ2) is 6.95. The Kier molecular flexibility index (Phi) is 5.57. The number of urea groups is 1. The van der Waals surface area contributed by atoms with Gasteiger partial charge in [-0.3, -0.25) is 5.32 Å². The summed E-state index contributed by atoms with van der Waals surface area (Å²) in [7, 11) is 1.50. The first kappa shape index (κ1) is 14.4. The van der Waals surface area contributed by atoms with Crippen molar-refractivity contribution in [1.82, 2.24) is 9.69 Å². The second-order valence-electron chi connectivity index (χ2n) is 3.67. The summed E-state index contributed by atoms with van der Waals surface area (Å²) < 4.78 is 9.17. The Bertz CT molecular complexity index is 431. The summed E-state index contributed by atoms with van der Waals surface area (Å²) in [4.78, 5) is 23.1. The van der Waals surface area contributed by atoms with Gasteiger partial charge in [-0.05, 0) is 24.9 Å². The van der Waals surface area contributed by atoms with E-state index >= 15 is 0 Å². The van der Waals surface area contributed by atoms with Crippen molar-refractivity contribution in [3.63, 3.8) is 0 Å². The molecule has 1 heterocycles. The van der Waals surface area contributed by atoms with Crippen LogP contribution < -0.4 is 10.6 Å². The number of rotatable bonds is 5. The first-order valence-corrected chi connectivity index (χ1v) is 6.49. The smallest absolute Gasteiger partial charge is 0.343 e. The zero-order valence-corrected chi connectivity index (χ0v) is 11.5. The minimum absolute atomic E-state index is 0.333. The largest absolute Gasteiger partial charge is 0.462 e. The number of hydrogen-bond acceptors (Lipinski definition) is 5. The molecule has 2 N–H and O–H groups in total. The summed E-state index contributed by atoms with van der Waals surface area (Å²) >= 11 is 1.06. The van der Waals surface area contributed by atoms with Crippen LogP contribution in [0.5, 0.6) is 0 Å². The van der Waals surface area contributed by atoms with Crippen molar-refractivity contribution in [2.75, 3.05) is 19.0 Å². The van der Waals surface area contributed by atoms with Crippen molar-refractivity contribution in [2.45, 2.75) is 26.7 Å². The lowest BCUT2D eigenvalue weighted by Crippen LogP contribution is -2.25. The molecular weight excluding hydrogens is 254 g/mol. The number of nitrogens with zero attached hydrogens (tertiary/aromatic N) is 1. The number of carbonyl (C=O) groups excluding carboxylic acids is 2. The number of aryl methyl sites for hydroxylation is 1. The average Bonchev–Trinajstić information content (AvgIpc) is 2.70. The van der Waals surface area contributed by atoms with Gasteiger partial charge in [-0.1, -0.05) is 13.3 Å². The van der Waals surface area contributed by atoms with Crippen molar-refractivity contribution < 1.29 is 14.3 Å². The number of nitrogens with one attached hydrogen (secondary N) is 2. The molecule has 1 rings (SSSR count). The highest BCUT2D eigenvalue weighted by Gasteiger charge is 2.20. The molecule has 0 saturated carbocycles. The Labute approximate surface area is 110 Å². The molecule has 0 spiro atoms. The van der Waals surface area contributed by atoms with Gasteiger partial charge in [0.25, 0.3) is 0 Å². The molecular formula is C11H17N3O3S. The molecule has 18 heavy (non-hydrogen) atoms. The maximum atomic E-state index is 11.9. The lowest BCUT2D eigenvalue weighted by atomic mass is 10.2. The van der Waals surface area contributed by atoms with Crippen LogP contribution in [0.4, 0.5) is 9.80 Å². The summed E-state index contributed by atoms with van der Waals surface area (Å²) in [6.45, 7) is 4.11. The summed E-state index contributed by atoms with van der Waals surface area (Å²) in [6, 6.07) is -0.388. The zero-order valence-electron chi connectivity index (χ0n) is 10.7. The third-order valence-corrected chi connectivity index (χ3v) is 3.11. The molecule has 0 unspecified atom stereocenters. The molecule has 0 aromatic carbocycles. The van der Waals surface area contributed by atoms with Gasteiger partial charge < -0.3 is 10.1 Å². The maximum absolute atomic E-state index is 11.9. The Morgan fingerprint density at radius 2 is 2.17 bits per heavy atom. The number of carbonyl (C=O) groups is 2. The standard InChI is InChI=1S/C11H17N3O3S/c1-4-5-6-17-10(15)8-7(2)14-18-9(8)13-11(16)12-3/h4-6H2,1-3H3,(H2,12,13,16). The topological polar surface area (TPSA) is 80.3 Å². The molecule has 0 fully saturated rings. The van der Waals surface area contributed by atoms with E-state index in [2.05, 4.69) is 15.0 Å². The van der Waals surface area contributed by atoms with Crippen LogP contribution in [0, 0.1) is 6.92 Å². The fourth-order valence-electron chi connectivity index (χ4n) is 1.24. The van der Waals surface area contributed by atoms with Crippen molar-refractivity contribution in [3.8, 4) is 0 Å². The van der Waals surface area contributed by atoms with E-state index in [1.54, 1.807) is 6.92 Å².